The normalized spacial score (nSPS) is 41.3. The van der Waals surface area contributed by atoms with Crippen molar-refractivity contribution in [1.82, 2.24) is 0 Å². The standard InChI is InChI=1S/C8H13ClO6/c1-3(11)14-7-5(9)8(13)15-4(2-10)6(7)12/h4-8,10,12-13H,2H2,1H3/t4-,5+,6-,7-,8+/m1/s1. The van der Waals surface area contributed by atoms with Gasteiger partial charge in [-0.1, -0.05) is 0 Å². The van der Waals surface area contributed by atoms with Gasteiger partial charge in [-0.2, -0.15) is 0 Å². The van der Waals surface area contributed by atoms with E-state index < -0.39 is 42.6 Å². The summed E-state index contributed by atoms with van der Waals surface area (Å²) in [7, 11) is 0. The quantitative estimate of drug-likeness (QED) is 0.406. The van der Waals surface area contributed by atoms with E-state index in [0.717, 1.165) is 6.92 Å². The monoisotopic (exact) mass is 240 g/mol. The molecule has 0 aromatic heterocycles. The van der Waals surface area contributed by atoms with Crippen LogP contribution in [0, 0.1) is 0 Å². The van der Waals surface area contributed by atoms with E-state index in [1.165, 1.54) is 0 Å². The predicted octanol–water partition coefficient (Wildman–Crippen LogP) is -1.40. The molecule has 1 saturated heterocycles. The van der Waals surface area contributed by atoms with E-state index in [-0.39, 0.29) is 0 Å². The fraction of sp³-hybridized carbons (Fsp3) is 0.875. The second-order valence-corrected chi connectivity index (χ2v) is 3.76. The van der Waals surface area contributed by atoms with Gasteiger partial charge in [0.2, 0.25) is 0 Å². The topological polar surface area (TPSA) is 96.2 Å². The van der Waals surface area contributed by atoms with Crippen LogP contribution in [0.5, 0.6) is 0 Å². The van der Waals surface area contributed by atoms with Crippen molar-refractivity contribution in [3.63, 3.8) is 0 Å². The molecule has 88 valence electrons. The highest BCUT2D eigenvalue weighted by atomic mass is 35.5. The highest BCUT2D eigenvalue weighted by Gasteiger charge is 2.45. The molecule has 0 aromatic rings. The molecule has 0 radical (unpaired) electrons. The fourth-order valence-electron chi connectivity index (χ4n) is 1.37. The van der Waals surface area contributed by atoms with Crippen LogP contribution in [-0.4, -0.2) is 57.9 Å². The molecular weight excluding hydrogens is 228 g/mol. The summed E-state index contributed by atoms with van der Waals surface area (Å²) in [6.45, 7) is 0.658. The Labute approximate surface area is 91.4 Å². The summed E-state index contributed by atoms with van der Waals surface area (Å²) in [5.74, 6) is -0.629. The van der Waals surface area contributed by atoms with Crippen LogP contribution in [0.2, 0.25) is 0 Å². The Bertz CT molecular complexity index is 235. The maximum atomic E-state index is 10.7. The third-order valence-electron chi connectivity index (χ3n) is 2.10. The number of aliphatic hydroxyl groups is 3. The number of ether oxygens (including phenoxy) is 2. The molecule has 1 aliphatic rings. The van der Waals surface area contributed by atoms with Crippen molar-refractivity contribution >= 4 is 17.6 Å². The van der Waals surface area contributed by atoms with Gasteiger partial charge in [0.05, 0.1) is 6.61 Å². The highest BCUT2D eigenvalue weighted by Crippen LogP contribution is 2.26. The Balaban J connectivity index is 2.74. The van der Waals surface area contributed by atoms with Crippen LogP contribution < -0.4 is 0 Å². The second kappa shape index (κ2) is 5.09. The van der Waals surface area contributed by atoms with Crippen molar-refractivity contribution in [3.8, 4) is 0 Å². The SMILES string of the molecule is CC(=O)O[C@H]1[C@H](O)[C@@H](CO)O[C@H](O)[C@H]1Cl. The number of alkyl halides is 1. The van der Waals surface area contributed by atoms with Crippen molar-refractivity contribution in [2.45, 2.75) is 36.9 Å². The van der Waals surface area contributed by atoms with Crippen LogP contribution >= 0.6 is 11.6 Å². The molecule has 1 rings (SSSR count). The molecule has 3 N–H and O–H groups in total. The third-order valence-corrected chi connectivity index (χ3v) is 2.56. The van der Waals surface area contributed by atoms with E-state index >= 15 is 0 Å². The fourth-order valence-corrected chi connectivity index (χ4v) is 1.63. The van der Waals surface area contributed by atoms with Crippen molar-refractivity contribution in [2.24, 2.45) is 0 Å². The highest BCUT2D eigenvalue weighted by molar-refractivity contribution is 6.21. The van der Waals surface area contributed by atoms with Crippen LogP contribution in [0.1, 0.15) is 6.92 Å². The summed E-state index contributed by atoms with van der Waals surface area (Å²) in [5.41, 5.74) is 0. The van der Waals surface area contributed by atoms with Crippen LogP contribution in [0.3, 0.4) is 0 Å². The average Bonchev–Trinajstić information content (AvgIpc) is 2.18. The minimum atomic E-state index is -1.39. The summed E-state index contributed by atoms with van der Waals surface area (Å²) in [5, 5.41) is 26.7. The number of hydrogen-bond donors (Lipinski definition) is 3. The van der Waals surface area contributed by atoms with Gasteiger partial charge in [-0.3, -0.25) is 4.79 Å². The van der Waals surface area contributed by atoms with Crippen molar-refractivity contribution in [2.75, 3.05) is 6.61 Å². The molecule has 0 unspecified atom stereocenters. The Morgan fingerprint density at radius 3 is 2.60 bits per heavy atom. The van der Waals surface area contributed by atoms with Gasteiger partial charge in [-0.15, -0.1) is 11.6 Å². The molecule has 0 aromatic carbocycles. The second-order valence-electron chi connectivity index (χ2n) is 3.26. The first-order valence-corrected chi connectivity index (χ1v) is 4.84. The van der Waals surface area contributed by atoms with Gasteiger partial charge in [-0.05, 0) is 0 Å². The number of halogens is 1. The van der Waals surface area contributed by atoms with E-state index in [1.807, 2.05) is 0 Å². The Morgan fingerprint density at radius 2 is 2.13 bits per heavy atom. The van der Waals surface area contributed by atoms with Crippen LogP contribution in [0.4, 0.5) is 0 Å². The number of carbonyl (C=O) groups excluding carboxylic acids is 1. The number of carbonyl (C=O) groups is 1. The maximum Gasteiger partial charge on any atom is 0.303 e. The lowest BCUT2D eigenvalue weighted by Crippen LogP contribution is -2.57. The summed E-state index contributed by atoms with van der Waals surface area (Å²) in [4.78, 5) is 10.7. The van der Waals surface area contributed by atoms with E-state index in [9.17, 15) is 15.0 Å². The number of hydrogen-bond acceptors (Lipinski definition) is 6. The third kappa shape index (κ3) is 2.79. The molecule has 6 nitrogen and oxygen atoms in total. The summed E-state index contributed by atoms with van der Waals surface area (Å²) in [6.07, 6.45) is -4.76. The minimum Gasteiger partial charge on any atom is -0.458 e. The van der Waals surface area contributed by atoms with Gasteiger partial charge in [0.25, 0.3) is 0 Å². The number of rotatable bonds is 2. The summed E-state index contributed by atoms with van der Waals surface area (Å²) >= 11 is 5.70. The zero-order chi connectivity index (χ0) is 11.6. The first-order chi connectivity index (χ1) is 6.97. The molecule has 7 heteroatoms. The van der Waals surface area contributed by atoms with Crippen LogP contribution in [0.15, 0.2) is 0 Å². The molecular formula is C8H13ClO6. The van der Waals surface area contributed by atoms with Crippen LogP contribution in [0.25, 0.3) is 0 Å². The van der Waals surface area contributed by atoms with Gasteiger partial charge in [0.1, 0.15) is 17.6 Å². The molecule has 1 aliphatic heterocycles. The van der Waals surface area contributed by atoms with Gasteiger partial charge in [0, 0.05) is 6.92 Å². The van der Waals surface area contributed by atoms with E-state index in [2.05, 4.69) is 0 Å². The lowest BCUT2D eigenvalue weighted by Gasteiger charge is -2.39. The molecule has 1 fully saturated rings. The predicted molar refractivity (Wildman–Crippen MR) is 49.2 cm³/mol. The average molecular weight is 241 g/mol. The molecule has 0 aliphatic carbocycles. The molecule has 15 heavy (non-hydrogen) atoms. The minimum absolute atomic E-state index is 0.500. The molecule has 0 bridgehead atoms. The van der Waals surface area contributed by atoms with E-state index in [0.29, 0.717) is 0 Å². The first-order valence-electron chi connectivity index (χ1n) is 4.41. The van der Waals surface area contributed by atoms with Crippen molar-refractivity contribution < 1.29 is 29.6 Å². The van der Waals surface area contributed by atoms with Crippen LogP contribution in [-0.2, 0) is 14.3 Å². The summed E-state index contributed by atoms with van der Waals surface area (Å²) in [6, 6.07) is 0. The lowest BCUT2D eigenvalue weighted by atomic mass is 10.0. The zero-order valence-electron chi connectivity index (χ0n) is 8.04. The van der Waals surface area contributed by atoms with Gasteiger partial charge < -0.3 is 24.8 Å². The maximum absolute atomic E-state index is 10.7. The summed E-state index contributed by atoms with van der Waals surface area (Å²) < 4.78 is 9.55. The molecule has 0 saturated carbocycles. The Kier molecular flexibility index (Phi) is 4.30. The molecule has 5 atom stereocenters. The Hall–Kier alpha value is -0.400. The molecule has 0 spiro atoms. The molecule has 0 amide bonds. The molecule has 1 heterocycles. The van der Waals surface area contributed by atoms with Crippen molar-refractivity contribution in [3.05, 3.63) is 0 Å². The first kappa shape index (κ1) is 12.7. The largest absolute Gasteiger partial charge is 0.458 e. The van der Waals surface area contributed by atoms with Gasteiger partial charge in [0.15, 0.2) is 12.4 Å². The van der Waals surface area contributed by atoms with E-state index in [1.54, 1.807) is 0 Å². The Morgan fingerprint density at radius 1 is 1.53 bits per heavy atom. The zero-order valence-corrected chi connectivity index (χ0v) is 8.79. The smallest absolute Gasteiger partial charge is 0.303 e. The van der Waals surface area contributed by atoms with Crippen molar-refractivity contribution in [1.29, 1.82) is 0 Å². The number of esters is 1. The number of aliphatic hydroxyl groups excluding tert-OH is 3. The van der Waals surface area contributed by atoms with E-state index in [4.69, 9.17) is 26.2 Å². The van der Waals surface area contributed by atoms with Gasteiger partial charge >= 0.3 is 5.97 Å². The van der Waals surface area contributed by atoms with Gasteiger partial charge in [-0.25, -0.2) is 0 Å². The lowest BCUT2D eigenvalue weighted by molar-refractivity contribution is -0.241.